The van der Waals surface area contributed by atoms with Crippen LogP contribution < -0.4 is 0 Å². The molecule has 3 heteroatoms. The average molecular weight is 195 g/mol. The predicted molar refractivity (Wildman–Crippen MR) is 57.0 cm³/mol. The van der Waals surface area contributed by atoms with Gasteiger partial charge in [-0.3, -0.25) is 0 Å². The Morgan fingerprint density at radius 1 is 1.50 bits per heavy atom. The summed E-state index contributed by atoms with van der Waals surface area (Å²) < 4.78 is 1.26. The molecule has 12 heavy (non-hydrogen) atoms. The van der Waals surface area contributed by atoms with Crippen molar-refractivity contribution in [3.05, 3.63) is 28.8 Å². The largest absolute Gasteiger partial charge is 0.240 e. The van der Waals surface area contributed by atoms with Crippen LogP contribution in [0.4, 0.5) is 0 Å². The van der Waals surface area contributed by atoms with Crippen molar-refractivity contribution in [2.75, 3.05) is 0 Å². The summed E-state index contributed by atoms with van der Waals surface area (Å²) in [7, 11) is 0. The van der Waals surface area contributed by atoms with Gasteiger partial charge < -0.3 is 0 Å². The fourth-order valence-corrected chi connectivity index (χ4v) is 2.34. The van der Waals surface area contributed by atoms with Crippen molar-refractivity contribution in [3.63, 3.8) is 0 Å². The van der Waals surface area contributed by atoms with Crippen molar-refractivity contribution in [3.8, 4) is 0 Å². The summed E-state index contributed by atoms with van der Waals surface area (Å²) in [5.41, 5.74) is 2.38. The minimum atomic E-state index is 0.735. The molecule has 0 amide bonds. The zero-order valence-electron chi connectivity index (χ0n) is 6.74. The lowest BCUT2D eigenvalue weighted by Crippen LogP contribution is -1.72. The molecule has 0 radical (unpaired) electrons. The SMILES string of the molecule is Cc1ccc2nc(CS)sc2c1. The van der Waals surface area contributed by atoms with E-state index in [2.05, 4.69) is 42.7 Å². The van der Waals surface area contributed by atoms with Gasteiger partial charge in [0.1, 0.15) is 5.01 Å². The van der Waals surface area contributed by atoms with Gasteiger partial charge in [-0.15, -0.1) is 11.3 Å². The van der Waals surface area contributed by atoms with Crippen LogP contribution in [0.2, 0.25) is 0 Å². The highest BCUT2D eigenvalue weighted by Gasteiger charge is 2.00. The van der Waals surface area contributed by atoms with Gasteiger partial charge in [-0.2, -0.15) is 12.6 Å². The first-order valence-corrected chi connectivity index (χ1v) is 5.21. The Balaban J connectivity index is 2.67. The van der Waals surface area contributed by atoms with Crippen LogP contribution in [0.1, 0.15) is 10.6 Å². The van der Waals surface area contributed by atoms with Crippen LogP contribution in [-0.4, -0.2) is 4.98 Å². The molecule has 1 heterocycles. The number of nitrogens with zero attached hydrogens (tertiary/aromatic N) is 1. The van der Waals surface area contributed by atoms with Gasteiger partial charge in [-0.05, 0) is 24.6 Å². The molecule has 2 aromatic rings. The first-order chi connectivity index (χ1) is 5.79. The molecule has 0 N–H and O–H groups in total. The highest BCUT2D eigenvalue weighted by Crippen LogP contribution is 2.23. The first kappa shape index (κ1) is 8.08. The molecular formula is C9H9NS2. The van der Waals surface area contributed by atoms with Crippen molar-refractivity contribution in [1.82, 2.24) is 4.98 Å². The number of aryl methyl sites for hydroxylation is 1. The standard InChI is InChI=1S/C9H9NS2/c1-6-2-3-7-8(4-6)12-9(5-11)10-7/h2-4,11H,5H2,1H3. The third kappa shape index (κ3) is 1.34. The van der Waals surface area contributed by atoms with Crippen LogP contribution in [0.25, 0.3) is 10.2 Å². The fourth-order valence-electron chi connectivity index (χ4n) is 1.15. The monoisotopic (exact) mass is 195 g/mol. The summed E-state index contributed by atoms with van der Waals surface area (Å²) in [6.45, 7) is 2.10. The van der Waals surface area contributed by atoms with Crippen LogP contribution in [-0.2, 0) is 5.75 Å². The van der Waals surface area contributed by atoms with Crippen molar-refractivity contribution in [2.24, 2.45) is 0 Å². The molecule has 0 saturated carbocycles. The van der Waals surface area contributed by atoms with E-state index in [9.17, 15) is 0 Å². The number of benzene rings is 1. The molecule has 0 spiro atoms. The third-order valence-corrected chi connectivity index (χ3v) is 3.26. The van der Waals surface area contributed by atoms with Crippen LogP contribution in [0.5, 0.6) is 0 Å². The second kappa shape index (κ2) is 3.07. The first-order valence-electron chi connectivity index (χ1n) is 3.76. The Bertz CT molecular complexity index is 406. The third-order valence-electron chi connectivity index (χ3n) is 1.72. The second-order valence-electron chi connectivity index (χ2n) is 2.74. The van der Waals surface area contributed by atoms with E-state index < -0.39 is 0 Å². The number of rotatable bonds is 1. The minimum absolute atomic E-state index is 0.735. The van der Waals surface area contributed by atoms with Gasteiger partial charge in [0.15, 0.2) is 0 Å². The highest BCUT2D eigenvalue weighted by molar-refractivity contribution is 7.79. The zero-order chi connectivity index (χ0) is 8.55. The molecule has 0 aliphatic heterocycles. The number of aromatic nitrogens is 1. The summed E-state index contributed by atoms with van der Waals surface area (Å²) in [6, 6.07) is 6.32. The van der Waals surface area contributed by atoms with Gasteiger partial charge in [0.25, 0.3) is 0 Å². The van der Waals surface area contributed by atoms with Crippen LogP contribution in [0.15, 0.2) is 18.2 Å². The molecular weight excluding hydrogens is 186 g/mol. The van der Waals surface area contributed by atoms with E-state index in [1.807, 2.05) is 0 Å². The number of hydrogen-bond donors (Lipinski definition) is 1. The Morgan fingerprint density at radius 3 is 3.08 bits per heavy atom. The highest BCUT2D eigenvalue weighted by atomic mass is 32.1. The Labute approximate surface area is 80.9 Å². The molecule has 62 valence electrons. The van der Waals surface area contributed by atoms with Gasteiger partial charge >= 0.3 is 0 Å². The molecule has 1 nitrogen and oxygen atoms in total. The Hall–Kier alpha value is -0.540. The lowest BCUT2D eigenvalue weighted by atomic mass is 10.2. The summed E-state index contributed by atoms with van der Waals surface area (Å²) in [5.74, 6) is 0.735. The van der Waals surface area contributed by atoms with Gasteiger partial charge in [-0.1, -0.05) is 6.07 Å². The van der Waals surface area contributed by atoms with E-state index in [0.29, 0.717) is 0 Å². The van der Waals surface area contributed by atoms with E-state index in [-0.39, 0.29) is 0 Å². The maximum Gasteiger partial charge on any atom is 0.103 e. The summed E-state index contributed by atoms with van der Waals surface area (Å²) in [5, 5.41) is 1.10. The van der Waals surface area contributed by atoms with Gasteiger partial charge in [0.05, 0.1) is 10.2 Å². The van der Waals surface area contributed by atoms with E-state index in [1.165, 1.54) is 10.3 Å². The Kier molecular flexibility index (Phi) is 2.07. The number of fused-ring (bicyclic) bond motifs is 1. The summed E-state index contributed by atoms with van der Waals surface area (Å²) in [4.78, 5) is 4.41. The molecule has 2 rings (SSSR count). The summed E-state index contributed by atoms with van der Waals surface area (Å²) in [6.07, 6.45) is 0. The smallest absolute Gasteiger partial charge is 0.103 e. The molecule has 0 unspecified atom stereocenters. The average Bonchev–Trinajstić information content (AvgIpc) is 2.46. The number of hydrogen-bond acceptors (Lipinski definition) is 3. The Morgan fingerprint density at radius 2 is 2.33 bits per heavy atom. The maximum atomic E-state index is 4.41. The lowest BCUT2D eigenvalue weighted by molar-refractivity contribution is 1.32. The molecule has 0 fully saturated rings. The maximum absolute atomic E-state index is 4.41. The van der Waals surface area contributed by atoms with Crippen LogP contribution >= 0.6 is 24.0 Å². The lowest BCUT2D eigenvalue weighted by Gasteiger charge is -1.88. The molecule has 1 aromatic carbocycles. The minimum Gasteiger partial charge on any atom is -0.240 e. The topological polar surface area (TPSA) is 12.9 Å². The predicted octanol–water partition coefficient (Wildman–Crippen LogP) is 3.03. The van der Waals surface area contributed by atoms with Gasteiger partial charge in [-0.25, -0.2) is 4.98 Å². The van der Waals surface area contributed by atoms with E-state index in [4.69, 9.17) is 0 Å². The van der Waals surface area contributed by atoms with E-state index in [1.54, 1.807) is 11.3 Å². The second-order valence-corrected chi connectivity index (χ2v) is 4.17. The quantitative estimate of drug-likeness (QED) is 0.690. The molecule has 0 aliphatic carbocycles. The summed E-state index contributed by atoms with van der Waals surface area (Å²) >= 11 is 5.92. The van der Waals surface area contributed by atoms with Crippen molar-refractivity contribution in [2.45, 2.75) is 12.7 Å². The number of thiol groups is 1. The molecule has 0 saturated heterocycles. The van der Waals surface area contributed by atoms with Crippen molar-refractivity contribution in [1.29, 1.82) is 0 Å². The van der Waals surface area contributed by atoms with E-state index in [0.717, 1.165) is 16.3 Å². The molecule has 0 aliphatic rings. The van der Waals surface area contributed by atoms with Gasteiger partial charge in [0, 0.05) is 5.75 Å². The fraction of sp³-hybridized carbons (Fsp3) is 0.222. The normalized spacial score (nSPS) is 10.8. The van der Waals surface area contributed by atoms with E-state index >= 15 is 0 Å². The molecule has 1 aromatic heterocycles. The van der Waals surface area contributed by atoms with Crippen molar-refractivity contribution < 1.29 is 0 Å². The van der Waals surface area contributed by atoms with Gasteiger partial charge in [0.2, 0.25) is 0 Å². The molecule has 0 bridgehead atoms. The molecule has 0 atom stereocenters. The van der Waals surface area contributed by atoms with Crippen LogP contribution in [0, 0.1) is 6.92 Å². The zero-order valence-corrected chi connectivity index (χ0v) is 8.45. The van der Waals surface area contributed by atoms with Crippen molar-refractivity contribution >= 4 is 34.2 Å². The van der Waals surface area contributed by atoms with Crippen LogP contribution in [0.3, 0.4) is 0 Å². The number of thiazole rings is 1.